The normalized spacial score (nSPS) is 29.3. The van der Waals surface area contributed by atoms with Gasteiger partial charge >= 0.3 is 0 Å². The number of nitrogens with one attached hydrogen (secondary N) is 1. The summed E-state index contributed by atoms with van der Waals surface area (Å²) in [6.45, 7) is 6.78. The second-order valence-electron chi connectivity index (χ2n) is 7.02. The van der Waals surface area contributed by atoms with Crippen LogP contribution < -0.4 is 5.32 Å². The van der Waals surface area contributed by atoms with Crippen LogP contribution in [0.3, 0.4) is 0 Å². The van der Waals surface area contributed by atoms with E-state index in [4.69, 9.17) is 4.74 Å². The molecule has 0 saturated heterocycles. The smallest absolute Gasteiger partial charge is 0.0594 e. The third-order valence-corrected chi connectivity index (χ3v) is 4.77. The molecule has 2 nitrogen and oxygen atoms in total. The highest BCUT2D eigenvalue weighted by atomic mass is 16.5. The lowest BCUT2D eigenvalue weighted by Gasteiger charge is -2.22. The molecule has 0 spiro atoms. The van der Waals surface area contributed by atoms with Crippen LogP contribution in [0.2, 0.25) is 0 Å². The lowest BCUT2D eigenvalue weighted by molar-refractivity contribution is 0.0588. The van der Waals surface area contributed by atoms with Crippen molar-refractivity contribution in [3.63, 3.8) is 0 Å². The van der Waals surface area contributed by atoms with Crippen LogP contribution >= 0.6 is 0 Å². The molecule has 1 unspecified atom stereocenters. The minimum Gasteiger partial charge on any atom is -0.377 e. The van der Waals surface area contributed by atoms with Crippen LogP contribution in [0, 0.1) is 5.41 Å². The van der Waals surface area contributed by atoms with Crippen LogP contribution in [-0.2, 0) is 4.74 Å². The molecule has 0 amide bonds. The molecule has 0 aromatic rings. The molecule has 0 radical (unpaired) electrons. The summed E-state index contributed by atoms with van der Waals surface area (Å²) in [7, 11) is 0. The first-order valence-electron chi connectivity index (χ1n) is 8.01. The van der Waals surface area contributed by atoms with Gasteiger partial charge in [-0.2, -0.15) is 0 Å². The molecule has 2 saturated carbocycles. The Balaban J connectivity index is 1.55. The summed E-state index contributed by atoms with van der Waals surface area (Å²) >= 11 is 0. The first kappa shape index (κ1) is 14.3. The van der Waals surface area contributed by atoms with Gasteiger partial charge in [0, 0.05) is 12.6 Å². The van der Waals surface area contributed by atoms with Crippen LogP contribution in [-0.4, -0.2) is 25.3 Å². The molecule has 0 bridgehead atoms. The van der Waals surface area contributed by atoms with Crippen molar-refractivity contribution >= 4 is 0 Å². The SMILES string of the molecule is CC1(C)CCCC(NCCOC2CCCC2)CC1. The van der Waals surface area contributed by atoms with E-state index in [1.165, 1.54) is 57.8 Å². The summed E-state index contributed by atoms with van der Waals surface area (Å²) in [5, 5.41) is 3.70. The molecule has 1 atom stereocenters. The van der Waals surface area contributed by atoms with Gasteiger partial charge in [0.25, 0.3) is 0 Å². The second kappa shape index (κ2) is 6.91. The van der Waals surface area contributed by atoms with Crippen LogP contribution in [0.1, 0.15) is 71.6 Å². The highest BCUT2D eigenvalue weighted by molar-refractivity contribution is 4.79. The molecule has 2 fully saturated rings. The maximum Gasteiger partial charge on any atom is 0.0594 e. The third kappa shape index (κ3) is 4.89. The highest BCUT2D eigenvalue weighted by Crippen LogP contribution is 2.33. The van der Waals surface area contributed by atoms with Crippen molar-refractivity contribution < 1.29 is 4.74 Å². The average molecular weight is 253 g/mol. The van der Waals surface area contributed by atoms with Crippen LogP contribution in [0.5, 0.6) is 0 Å². The van der Waals surface area contributed by atoms with E-state index in [-0.39, 0.29) is 0 Å². The van der Waals surface area contributed by atoms with Gasteiger partial charge in [0.15, 0.2) is 0 Å². The quantitative estimate of drug-likeness (QED) is 0.593. The van der Waals surface area contributed by atoms with Crippen molar-refractivity contribution in [3.8, 4) is 0 Å². The zero-order valence-corrected chi connectivity index (χ0v) is 12.3. The summed E-state index contributed by atoms with van der Waals surface area (Å²) in [6, 6.07) is 0.735. The first-order chi connectivity index (χ1) is 8.66. The minimum absolute atomic E-state index is 0.566. The molecule has 0 heterocycles. The molecule has 0 aromatic heterocycles. The van der Waals surface area contributed by atoms with Crippen molar-refractivity contribution in [1.82, 2.24) is 5.32 Å². The topological polar surface area (TPSA) is 21.3 Å². The molecule has 18 heavy (non-hydrogen) atoms. The zero-order valence-electron chi connectivity index (χ0n) is 12.3. The summed E-state index contributed by atoms with van der Waals surface area (Å²) in [4.78, 5) is 0. The molecule has 2 aliphatic rings. The van der Waals surface area contributed by atoms with E-state index in [0.29, 0.717) is 11.5 Å². The largest absolute Gasteiger partial charge is 0.377 e. The van der Waals surface area contributed by atoms with Gasteiger partial charge in [-0.1, -0.05) is 33.1 Å². The molecule has 0 aromatic carbocycles. The fourth-order valence-electron chi connectivity index (χ4n) is 3.41. The Bertz CT molecular complexity index is 233. The Morgan fingerprint density at radius 3 is 2.56 bits per heavy atom. The molecule has 1 N–H and O–H groups in total. The maximum absolute atomic E-state index is 5.90. The van der Waals surface area contributed by atoms with Gasteiger partial charge in [-0.15, -0.1) is 0 Å². The van der Waals surface area contributed by atoms with Crippen LogP contribution in [0.25, 0.3) is 0 Å². The molecule has 106 valence electrons. The lowest BCUT2D eigenvalue weighted by Crippen LogP contribution is -2.32. The third-order valence-electron chi connectivity index (χ3n) is 4.77. The predicted octanol–water partition coefficient (Wildman–Crippen LogP) is 3.89. The van der Waals surface area contributed by atoms with E-state index in [1.807, 2.05) is 0 Å². The Morgan fingerprint density at radius 2 is 1.78 bits per heavy atom. The predicted molar refractivity (Wildman–Crippen MR) is 76.9 cm³/mol. The van der Waals surface area contributed by atoms with Gasteiger partial charge in [0.2, 0.25) is 0 Å². The fraction of sp³-hybridized carbons (Fsp3) is 1.00. The Kier molecular flexibility index (Phi) is 5.50. The van der Waals surface area contributed by atoms with Gasteiger partial charge in [-0.3, -0.25) is 0 Å². The Hall–Kier alpha value is -0.0800. The summed E-state index contributed by atoms with van der Waals surface area (Å²) in [5.41, 5.74) is 0.566. The van der Waals surface area contributed by atoms with Crippen molar-refractivity contribution in [2.45, 2.75) is 83.8 Å². The first-order valence-corrected chi connectivity index (χ1v) is 8.01. The van der Waals surface area contributed by atoms with Crippen molar-refractivity contribution in [2.75, 3.05) is 13.2 Å². The van der Waals surface area contributed by atoms with Crippen molar-refractivity contribution in [1.29, 1.82) is 0 Å². The minimum atomic E-state index is 0.566. The van der Waals surface area contributed by atoms with Gasteiger partial charge in [-0.25, -0.2) is 0 Å². The van der Waals surface area contributed by atoms with Gasteiger partial charge in [-0.05, 0) is 43.9 Å². The van der Waals surface area contributed by atoms with E-state index in [0.717, 1.165) is 19.2 Å². The van der Waals surface area contributed by atoms with Gasteiger partial charge in [0.05, 0.1) is 12.7 Å². The van der Waals surface area contributed by atoms with E-state index in [2.05, 4.69) is 19.2 Å². The summed E-state index contributed by atoms with van der Waals surface area (Å²) in [5.74, 6) is 0. The Labute approximate surface area is 113 Å². The fourth-order valence-corrected chi connectivity index (χ4v) is 3.41. The van der Waals surface area contributed by atoms with Crippen LogP contribution in [0.4, 0.5) is 0 Å². The van der Waals surface area contributed by atoms with Gasteiger partial charge < -0.3 is 10.1 Å². The molecule has 2 aliphatic carbocycles. The van der Waals surface area contributed by atoms with Gasteiger partial charge in [0.1, 0.15) is 0 Å². The van der Waals surface area contributed by atoms with Crippen molar-refractivity contribution in [3.05, 3.63) is 0 Å². The second-order valence-corrected chi connectivity index (χ2v) is 7.02. The Morgan fingerprint density at radius 1 is 1.00 bits per heavy atom. The van der Waals surface area contributed by atoms with E-state index >= 15 is 0 Å². The standard InChI is InChI=1S/C16H31NO/c1-16(2)10-5-6-14(9-11-16)17-12-13-18-15-7-3-4-8-15/h14-15,17H,3-13H2,1-2H3. The molecule has 2 rings (SSSR count). The molecule has 0 aliphatic heterocycles. The number of ether oxygens (including phenoxy) is 1. The molecular formula is C16H31NO. The highest BCUT2D eigenvalue weighted by Gasteiger charge is 2.24. The number of rotatable bonds is 5. The lowest BCUT2D eigenvalue weighted by atomic mass is 9.85. The maximum atomic E-state index is 5.90. The monoisotopic (exact) mass is 253 g/mol. The number of hydrogen-bond acceptors (Lipinski definition) is 2. The summed E-state index contributed by atoms with van der Waals surface area (Å²) in [6.07, 6.45) is 12.7. The van der Waals surface area contributed by atoms with E-state index < -0.39 is 0 Å². The van der Waals surface area contributed by atoms with Crippen LogP contribution in [0.15, 0.2) is 0 Å². The summed E-state index contributed by atoms with van der Waals surface area (Å²) < 4.78 is 5.90. The number of hydrogen-bond donors (Lipinski definition) is 1. The average Bonchev–Trinajstić information content (AvgIpc) is 2.77. The van der Waals surface area contributed by atoms with E-state index in [9.17, 15) is 0 Å². The van der Waals surface area contributed by atoms with Crippen molar-refractivity contribution in [2.24, 2.45) is 5.41 Å². The van der Waals surface area contributed by atoms with E-state index in [1.54, 1.807) is 0 Å². The zero-order chi connectivity index (χ0) is 12.8. The molecular weight excluding hydrogens is 222 g/mol. The molecule has 2 heteroatoms.